The summed E-state index contributed by atoms with van der Waals surface area (Å²) in [7, 11) is 1.62. The molecule has 0 aliphatic heterocycles. The van der Waals surface area contributed by atoms with E-state index in [1.165, 1.54) is 0 Å². The first-order chi connectivity index (χ1) is 8.63. The summed E-state index contributed by atoms with van der Waals surface area (Å²) in [6.45, 7) is 4.81. The van der Waals surface area contributed by atoms with Gasteiger partial charge in [0, 0.05) is 18.1 Å². The lowest BCUT2D eigenvalue weighted by molar-refractivity contribution is 0.0950. The molecule has 2 rings (SSSR count). The maximum absolute atomic E-state index is 12.1. The smallest absolute Gasteiger partial charge is 0.253 e. The normalized spacial score (nSPS) is 10.9. The van der Waals surface area contributed by atoms with E-state index in [1.807, 2.05) is 18.2 Å². The number of amides is 1. The number of methoxy groups -OCH3 is 1. The molecule has 18 heavy (non-hydrogen) atoms. The van der Waals surface area contributed by atoms with Crippen LogP contribution < -0.4 is 10.1 Å². The van der Waals surface area contributed by atoms with E-state index in [1.54, 1.807) is 13.3 Å². The van der Waals surface area contributed by atoms with Crippen molar-refractivity contribution in [3.05, 3.63) is 30.0 Å². The fraction of sp³-hybridized carbons (Fsp3) is 0.357. The van der Waals surface area contributed by atoms with Crippen LogP contribution in [0.1, 0.15) is 24.2 Å². The molecule has 0 radical (unpaired) electrons. The van der Waals surface area contributed by atoms with Crippen molar-refractivity contribution in [2.45, 2.75) is 13.8 Å². The molecule has 0 bridgehead atoms. The topological polar surface area (TPSA) is 54.1 Å². The van der Waals surface area contributed by atoms with Crippen molar-refractivity contribution in [1.29, 1.82) is 0 Å². The number of para-hydroxylation sites is 1. The molecule has 4 nitrogen and oxygen atoms in total. The maximum Gasteiger partial charge on any atom is 0.253 e. The Hall–Kier alpha value is -1.97. The molecule has 1 aromatic heterocycles. The molecule has 1 aromatic carbocycles. The molecule has 1 amide bonds. The number of nitrogens with one attached hydrogen (secondary N) is 2. The molecule has 4 heteroatoms. The van der Waals surface area contributed by atoms with Crippen molar-refractivity contribution in [3.63, 3.8) is 0 Å². The number of ether oxygens (including phenoxy) is 1. The Kier molecular flexibility index (Phi) is 3.55. The molecule has 96 valence electrons. The van der Waals surface area contributed by atoms with Gasteiger partial charge in [-0.05, 0) is 12.0 Å². The average Bonchev–Trinajstić information content (AvgIpc) is 2.79. The Balaban J connectivity index is 2.32. The Bertz CT molecular complexity index is 558. The summed E-state index contributed by atoms with van der Waals surface area (Å²) in [5.74, 6) is 1.13. The van der Waals surface area contributed by atoms with Crippen LogP contribution in [0.2, 0.25) is 0 Å². The van der Waals surface area contributed by atoms with Gasteiger partial charge < -0.3 is 15.0 Å². The summed E-state index contributed by atoms with van der Waals surface area (Å²) in [4.78, 5) is 15.1. The minimum atomic E-state index is -0.0526. The molecule has 0 saturated carbocycles. The van der Waals surface area contributed by atoms with Gasteiger partial charge >= 0.3 is 0 Å². The molecule has 0 spiro atoms. The fourth-order valence-electron chi connectivity index (χ4n) is 1.88. The van der Waals surface area contributed by atoms with Crippen LogP contribution >= 0.6 is 0 Å². The number of aromatic amines is 1. The van der Waals surface area contributed by atoms with Gasteiger partial charge in [0.05, 0.1) is 18.2 Å². The number of benzene rings is 1. The van der Waals surface area contributed by atoms with E-state index in [4.69, 9.17) is 4.74 Å². The van der Waals surface area contributed by atoms with Gasteiger partial charge in [-0.3, -0.25) is 4.79 Å². The highest BCUT2D eigenvalue weighted by Gasteiger charge is 2.13. The van der Waals surface area contributed by atoms with Crippen LogP contribution in [0.4, 0.5) is 0 Å². The van der Waals surface area contributed by atoms with Gasteiger partial charge in [-0.25, -0.2) is 0 Å². The third-order valence-electron chi connectivity index (χ3n) is 2.81. The predicted molar refractivity (Wildman–Crippen MR) is 72.0 cm³/mol. The van der Waals surface area contributed by atoms with E-state index < -0.39 is 0 Å². The molecule has 2 N–H and O–H groups in total. The summed E-state index contributed by atoms with van der Waals surface area (Å²) in [5, 5.41) is 3.80. The van der Waals surface area contributed by atoms with Gasteiger partial charge in [0.1, 0.15) is 5.75 Å². The van der Waals surface area contributed by atoms with E-state index in [9.17, 15) is 4.79 Å². The lowest BCUT2D eigenvalue weighted by Gasteiger charge is -2.07. The van der Waals surface area contributed by atoms with E-state index in [-0.39, 0.29) is 5.91 Å². The van der Waals surface area contributed by atoms with Crippen LogP contribution in [0.25, 0.3) is 10.9 Å². The molecule has 0 aliphatic rings. The largest absolute Gasteiger partial charge is 0.495 e. The van der Waals surface area contributed by atoms with Crippen molar-refractivity contribution >= 4 is 16.8 Å². The number of carbonyl (C=O) groups excluding carboxylic acids is 1. The van der Waals surface area contributed by atoms with Gasteiger partial charge in [0.25, 0.3) is 5.91 Å². The third kappa shape index (κ3) is 2.32. The standard InChI is InChI=1S/C14H18N2O2/c1-9(2)7-16-14(17)11-8-15-13-10(11)5-4-6-12(13)18-3/h4-6,8-9,15H,7H2,1-3H3,(H,16,17). The highest BCUT2D eigenvalue weighted by atomic mass is 16.5. The Morgan fingerprint density at radius 2 is 2.22 bits per heavy atom. The SMILES string of the molecule is COc1cccc2c(C(=O)NCC(C)C)c[nH]c12. The zero-order chi connectivity index (χ0) is 13.1. The van der Waals surface area contributed by atoms with Gasteiger partial charge in [-0.1, -0.05) is 26.0 Å². The van der Waals surface area contributed by atoms with Crippen LogP contribution in [0.3, 0.4) is 0 Å². The van der Waals surface area contributed by atoms with Crippen molar-refractivity contribution in [2.75, 3.05) is 13.7 Å². The van der Waals surface area contributed by atoms with Crippen molar-refractivity contribution < 1.29 is 9.53 Å². The van der Waals surface area contributed by atoms with Crippen LogP contribution in [0.15, 0.2) is 24.4 Å². The molecular formula is C14H18N2O2. The zero-order valence-corrected chi connectivity index (χ0v) is 10.9. The van der Waals surface area contributed by atoms with Crippen LogP contribution in [0.5, 0.6) is 5.75 Å². The Morgan fingerprint density at radius 1 is 1.44 bits per heavy atom. The minimum Gasteiger partial charge on any atom is -0.495 e. The second-order valence-electron chi connectivity index (χ2n) is 4.69. The highest BCUT2D eigenvalue weighted by Crippen LogP contribution is 2.26. The molecule has 0 atom stereocenters. The van der Waals surface area contributed by atoms with E-state index in [2.05, 4.69) is 24.1 Å². The van der Waals surface area contributed by atoms with E-state index in [0.29, 0.717) is 18.0 Å². The zero-order valence-electron chi connectivity index (χ0n) is 10.9. The Labute approximate surface area is 106 Å². The first-order valence-electron chi connectivity index (χ1n) is 6.05. The van der Waals surface area contributed by atoms with Gasteiger partial charge in [-0.2, -0.15) is 0 Å². The number of fused-ring (bicyclic) bond motifs is 1. The van der Waals surface area contributed by atoms with Crippen LogP contribution in [-0.4, -0.2) is 24.5 Å². The number of hydrogen-bond donors (Lipinski definition) is 2. The number of hydrogen-bond acceptors (Lipinski definition) is 2. The van der Waals surface area contributed by atoms with Crippen molar-refractivity contribution in [3.8, 4) is 5.75 Å². The number of aromatic nitrogens is 1. The molecule has 0 aliphatic carbocycles. The maximum atomic E-state index is 12.1. The lowest BCUT2D eigenvalue weighted by Crippen LogP contribution is -2.27. The van der Waals surface area contributed by atoms with Gasteiger partial charge in [-0.15, -0.1) is 0 Å². The monoisotopic (exact) mass is 246 g/mol. The van der Waals surface area contributed by atoms with Gasteiger partial charge in [0.15, 0.2) is 0 Å². The highest BCUT2D eigenvalue weighted by molar-refractivity contribution is 6.07. The number of rotatable bonds is 4. The molecule has 1 heterocycles. The van der Waals surface area contributed by atoms with E-state index >= 15 is 0 Å². The minimum absolute atomic E-state index is 0.0526. The van der Waals surface area contributed by atoms with Crippen molar-refractivity contribution in [1.82, 2.24) is 10.3 Å². The molecule has 0 fully saturated rings. The second kappa shape index (κ2) is 5.12. The first-order valence-corrected chi connectivity index (χ1v) is 6.05. The number of carbonyl (C=O) groups is 1. The first kappa shape index (κ1) is 12.5. The summed E-state index contributed by atoms with van der Waals surface area (Å²) < 4.78 is 5.26. The summed E-state index contributed by atoms with van der Waals surface area (Å²) >= 11 is 0. The summed E-state index contributed by atoms with van der Waals surface area (Å²) in [6, 6.07) is 5.67. The Morgan fingerprint density at radius 3 is 2.89 bits per heavy atom. The quantitative estimate of drug-likeness (QED) is 0.871. The molecule has 0 saturated heterocycles. The molecule has 2 aromatic rings. The summed E-state index contributed by atoms with van der Waals surface area (Å²) in [5.41, 5.74) is 1.51. The predicted octanol–water partition coefficient (Wildman–Crippen LogP) is 2.56. The second-order valence-corrected chi connectivity index (χ2v) is 4.69. The number of H-pyrrole nitrogens is 1. The lowest BCUT2D eigenvalue weighted by atomic mass is 10.1. The average molecular weight is 246 g/mol. The van der Waals surface area contributed by atoms with Gasteiger partial charge in [0.2, 0.25) is 0 Å². The molecular weight excluding hydrogens is 228 g/mol. The van der Waals surface area contributed by atoms with E-state index in [0.717, 1.165) is 16.7 Å². The fourth-order valence-corrected chi connectivity index (χ4v) is 1.88. The van der Waals surface area contributed by atoms with Crippen LogP contribution in [-0.2, 0) is 0 Å². The van der Waals surface area contributed by atoms with Crippen LogP contribution in [0, 0.1) is 5.92 Å². The molecule has 0 unspecified atom stereocenters. The summed E-state index contributed by atoms with van der Waals surface area (Å²) in [6.07, 6.45) is 1.73. The van der Waals surface area contributed by atoms with Crippen molar-refractivity contribution in [2.24, 2.45) is 5.92 Å². The third-order valence-corrected chi connectivity index (χ3v) is 2.81.